The van der Waals surface area contributed by atoms with Crippen LogP contribution in [-0.4, -0.2) is 37.6 Å². The van der Waals surface area contributed by atoms with Gasteiger partial charge in [-0.3, -0.25) is 0 Å². The molecule has 0 amide bonds. The predicted molar refractivity (Wildman–Crippen MR) is 89.8 cm³/mol. The van der Waals surface area contributed by atoms with Gasteiger partial charge in [0.1, 0.15) is 0 Å². The summed E-state index contributed by atoms with van der Waals surface area (Å²) >= 11 is 0. The molecule has 0 aliphatic carbocycles. The third-order valence-electron chi connectivity index (χ3n) is 4.62. The zero-order valence-electron chi connectivity index (χ0n) is 13.3. The highest BCUT2D eigenvalue weighted by Gasteiger charge is 2.30. The van der Waals surface area contributed by atoms with Crippen molar-refractivity contribution in [3.8, 4) is 0 Å². The Morgan fingerprint density at radius 3 is 2.65 bits per heavy atom. The molecule has 1 aromatic carbocycles. The first-order valence-corrected chi connectivity index (χ1v) is 7.46. The van der Waals surface area contributed by atoms with Gasteiger partial charge in [-0.2, -0.15) is 0 Å². The Kier molecular flexibility index (Phi) is 6.50. The topological polar surface area (TPSA) is 15.3 Å². The van der Waals surface area contributed by atoms with Gasteiger partial charge in [0.25, 0.3) is 0 Å². The largest absolute Gasteiger partial charge is 0.316 e. The van der Waals surface area contributed by atoms with Crippen LogP contribution in [0.5, 0.6) is 0 Å². The standard InChI is InChI=1S/C17H28N2.ClH/c1-14-7-5-6-8-16(14)11-15(2)19(4)13-17(3)9-10-18-12-17;/h5-8,15,18H,9-13H2,1-4H3;1H. The zero-order valence-corrected chi connectivity index (χ0v) is 14.1. The van der Waals surface area contributed by atoms with E-state index >= 15 is 0 Å². The van der Waals surface area contributed by atoms with Gasteiger partial charge in [0.05, 0.1) is 0 Å². The van der Waals surface area contributed by atoms with Gasteiger partial charge >= 0.3 is 0 Å². The van der Waals surface area contributed by atoms with E-state index < -0.39 is 0 Å². The fourth-order valence-corrected chi connectivity index (χ4v) is 3.07. The number of nitrogens with zero attached hydrogens (tertiary/aromatic N) is 1. The van der Waals surface area contributed by atoms with Gasteiger partial charge in [-0.05, 0) is 56.8 Å². The molecule has 2 atom stereocenters. The lowest BCUT2D eigenvalue weighted by Gasteiger charge is -2.33. The Balaban J connectivity index is 0.00000200. The molecule has 3 heteroatoms. The number of hydrogen-bond acceptors (Lipinski definition) is 2. The van der Waals surface area contributed by atoms with E-state index in [1.54, 1.807) is 0 Å². The molecule has 2 nitrogen and oxygen atoms in total. The lowest BCUT2D eigenvalue weighted by Crippen LogP contribution is -2.40. The lowest BCUT2D eigenvalue weighted by atomic mass is 9.88. The fourth-order valence-electron chi connectivity index (χ4n) is 3.07. The molecule has 0 bridgehead atoms. The Morgan fingerprint density at radius 1 is 1.35 bits per heavy atom. The average Bonchev–Trinajstić information content (AvgIpc) is 2.78. The van der Waals surface area contributed by atoms with Crippen LogP contribution in [0.15, 0.2) is 24.3 Å². The summed E-state index contributed by atoms with van der Waals surface area (Å²) in [4.78, 5) is 2.53. The molecule has 0 spiro atoms. The van der Waals surface area contributed by atoms with Gasteiger partial charge in [0.15, 0.2) is 0 Å². The molecule has 1 fully saturated rings. The second-order valence-electron chi connectivity index (χ2n) is 6.63. The first-order chi connectivity index (χ1) is 9.00. The molecule has 0 saturated carbocycles. The first kappa shape index (κ1) is 17.5. The van der Waals surface area contributed by atoms with Crippen molar-refractivity contribution in [1.82, 2.24) is 10.2 Å². The molecule has 1 N–H and O–H groups in total. The van der Waals surface area contributed by atoms with E-state index in [4.69, 9.17) is 0 Å². The minimum absolute atomic E-state index is 0. The molecule has 2 rings (SSSR count). The van der Waals surface area contributed by atoms with Crippen molar-refractivity contribution in [2.24, 2.45) is 5.41 Å². The summed E-state index contributed by atoms with van der Waals surface area (Å²) in [5, 5.41) is 3.49. The molecule has 1 aliphatic heterocycles. The van der Waals surface area contributed by atoms with Gasteiger partial charge in [-0.15, -0.1) is 12.4 Å². The van der Waals surface area contributed by atoms with Crippen molar-refractivity contribution in [3.05, 3.63) is 35.4 Å². The van der Waals surface area contributed by atoms with Crippen molar-refractivity contribution in [1.29, 1.82) is 0 Å². The van der Waals surface area contributed by atoms with Crippen LogP contribution in [0.1, 0.15) is 31.4 Å². The van der Waals surface area contributed by atoms with E-state index in [-0.39, 0.29) is 12.4 Å². The normalized spacial score (nSPS) is 23.6. The third-order valence-corrected chi connectivity index (χ3v) is 4.62. The number of nitrogens with one attached hydrogen (secondary N) is 1. The SMILES string of the molecule is Cc1ccccc1CC(C)N(C)CC1(C)CCNC1.Cl. The van der Waals surface area contributed by atoms with E-state index in [1.165, 1.54) is 30.6 Å². The quantitative estimate of drug-likeness (QED) is 0.897. The number of benzene rings is 1. The maximum atomic E-state index is 3.49. The summed E-state index contributed by atoms with van der Waals surface area (Å²) in [6, 6.07) is 9.34. The second-order valence-corrected chi connectivity index (χ2v) is 6.63. The molecule has 2 unspecified atom stereocenters. The van der Waals surface area contributed by atoms with E-state index in [0.717, 1.165) is 13.0 Å². The Hall–Kier alpha value is -0.570. The van der Waals surface area contributed by atoms with Crippen LogP contribution in [0.2, 0.25) is 0 Å². The minimum atomic E-state index is 0. The van der Waals surface area contributed by atoms with E-state index in [0.29, 0.717) is 11.5 Å². The molecule has 20 heavy (non-hydrogen) atoms. The van der Waals surface area contributed by atoms with Gasteiger partial charge < -0.3 is 10.2 Å². The van der Waals surface area contributed by atoms with Gasteiger partial charge in [-0.1, -0.05) is 31.2 Å². The third kappa shape index (κ3) is 4.47. The van der Waals surface area contributed by atoms with Gasteiger partial charge in [-0.25, -0.2) is 0 Å². The summed E-state index contributed by atoms with van der Waals surface area (Å²) in [6.45, 7) is 10.5. The van der Waals surface area contributed by atoms with Gasteiger partial charge in [0.2, 0.25) is 0 Å². The van der Waals surface area contributed by atoms with Crippen LogP contribution < -0.4 is 5.32 Å². The smallest absolute Gasteiger partial charge is 0.0105 e. The Bertz CT molecular complexity index is 413. The predicted octanol–water partition coefficient (Wildman–Crippen LogP) is 3.28. The minimum Gasteiger partial charge on any atom is -0.316 e. The fraction of sp³-hybridized carbons (Fsp3) is 0.647. The number of rotatable bonds is 5. The van der Waals surface area contributed by atoms with Crippen LogP contribution in [0.3, 0.4) is 0 Å². The molecule has 0 radical (unpaired) electrons. The van der Waals surface area contributed by atoms with Gasteiger partial charge in [0, 0.05) is 19.1 Å². The lowest BCUT2D eigenvalue weighted by molar-refractivity contribution is 0.167. The highest BCUT2D eigenvalue weighted by molar-refractivity contribution is 5.85. The maximum absolute atomic E-state index is 3.49. The number of aryl methyl sites for hydroxylation is 1. The highest BCUT2D eigenvalue weighted by atomic mass is 35.5. The van der Waals surface area contributed by atoms with Crippen molar-refractivity contribution in [3.63, 3.8) is 0 Å². The molecule has 1 aliphatic rings. The van der Waals surface area contributed by atoms with E-state index in [1.807, 2.05) is 0 Å². The molecular weight excluding hydrogens is 268 g/mol. The monoisotopic (exact) mass is 296 g/mol. The average molecular weight is 297 g/mol. The summed E-state index contributed by atoms with van der Waals surface area (Å²) in [6.07, 6.45) is 2.45. The molecule has 1 saturated heterocycles. The van der Waals surface area contributed by atoms with Crippen LogP contribution >= 0.6 is 12.4 Å². The Labute approximate surface area is 130 Å². The number of hydrogen-bond donors (Lipinski definition) is 1. The second kappa shape index (κ2) is 7.44. The highest BCUT2D eigenvalue weighted by Crippen LogP contribution is 2.26. The van der Waals surface area contributed by atoms with Crippen molar-refractivity contribution >= 4 is 12.4 Å². The van der Waals surface area contributed by atoms with Crippen molar-refractivity contribution in [2.45, 2.75) is 39.7 Å². The number of likely N-dealkylation sites (N-methyl/N-ethyl adjacent to an activating group) is 1. The molecule has 0 aromatic heterocycles. The molecule has 1 heterocycles. The molecular formula is C17H29ClN2. The Morgan fingerprint density at radius 2 is 2.05 bits per heavy atom. The van der Waals surface area contributed by atoms with E-state index in [2.05, 4.69) is 62.3 Å². The van der Waals surface area contributed by atoms with E-state index in [9.17, 15) is 0 Å². The van der Waals surface area contributed by atoms with Crippen LogP contribution in [0.4, 0.5) is 0 Å². The molecule has 1 aromatic rings. The summed E-state index contributed by atoms with van der Waals surface area (Å²) in [7, 11) is 2.27. The zero-order chi connectivity index (χ0) is 13.9. The van der Waals surface area contributed by atoms with Crippen LogP contribution in [0, 0.1) is 12.3 Å². The number of halogens is 1. The van der Waals surface area contributed by atoms with Crippen LogP contribution in [0.25, 0.3) is 0 Å². The maximum Gasteiger partial charge on any atom is 0.0105 e. The van der Waals surface area contributed by atoms with Crippen molar-refractivity contribution < 1.29 is 0 Å². The summed E-state index contributed by atoms with van der Waals surface area (Å²) in [5.41, 5.74) is 3.35. The van der Waals surface area contributed by atoms with Crippen LogP contribution in [-0.2, 0) is 6.42 Å². The molecule has 114 valence electrons. The van der Waals surface area contributed by atoms with Crippen molar-refractivity contribution in [2.75, 3.05) is 26.7 Å². The first-order valence-electron chi connectivity index (χ1n) is 7.46. The summed E-state index contributed by atoms with van der Waals surface area (Å²) < 4.78 is 0. The summed E-state index contributed by atoms with van der Waals surface area (Å²) in [5.74, 6) is 0.